The third-order valence-corrected chi connectivity index (χ3v) is 5.48. The second kappa shape index (κ2) is 9.87. The van der Waals surface area contributed by atoms with E-state index < -0.39 is 5.60 Å². The molecule has 1 aromatic heterocycles. The van der Waals surface area contributed by atoms with Crippen LogP contribution in [0.15, 0.2) is 30.5 Å². The van der Waals surface area contributed by atoms with E-state index in [0.29, 0.717) is 13.2 Å². The van der Waals surface area contributed by atoms with Crippen LogP contribution in [0.2, 0.25) is 0 Å². The van der Waals surface area contributed by atoms with Gasteiger partial charge >= 0.3 is 0 Å². The monoisotopic (exact) mass is 384 g/mol. The highest BCUT2D eigenvalue weighted by Crippen LogP contribution is 2.34. The Morgan fingerprint density at radius 3 is 2.64 bits per heavy atom. The molecule has 0 bridgehead atoms. The average Bonchev–Trinajstić information content (AvgIpc) is 2.96. The summed E-state index contributed by atoms with van der Waals surface area (Å²) in [5.74, 6) is 0.720. The topological polar surface area (TPSA) is 60.5 Å². The molecule has 5 nitrogen and oxygen atoms in total. The summed E-state index contributed by atoms with van der Waals surface area (Å²) in [5, 5.41) is 4.04. The SMILES string of the molecule is CCCCOc1ccc(NC(=O)C2(OCC)CCCCCC2)c2cccnc12. The van der Waals surface area contributed by atoms with Crippen LogP contribution in [0, 0.1) is 0 Å². The molecule has 0 saturated heterocycles. The van der Waals surface area contributed by atoms with Crippen molar-refractivity contribution in [3.05, 3.63) is 30.5 Å². The van der Waals surface area contributed by atoms with Gasteiger partial charge in [-0.15, -0.1) is 0 Å². The van der Waals surface area contributed by atoms with Crippen molar-refractivity contribution in [2.75, 3.05) is 18.5 Å². The number of fused-ring (bicyclic) bond motifs is 1. The molecule has 1 saturated carbocycles. The lowest BCUT2D eigenvalue weighted by Gasteiger charge is -2.31. The van der Waals surface area contributed by atoms with Crippen LogP contribution >= 0.6 is 0 Å². The zero-order valence-corrected chi connectivity index (χ0v) is 17.1. The van der Waals surface area contributed by atoms with E-state index >= 15 is 0 Å². The standard InChI is InChI=1S/C23H32N2O3/c1-3-5-17-27-20-13-12-19(18-11-10-16-24-21(18)20)25-22(26)23(28-4-2)14-8-6-7-9-15-23/h10-13,16H,3-9,14-15,17H2,1-2H3,(H,25,26). The van der Waals surface area contributed by atoms with E-state index in [1.54, 1.807) is 6.20 Å². The Labute approximate surface area is 167 Å². The van der Waals surface area contributed by atoms with Crippen molar-refractivity contribution in [2.45, 2.75) is 70.8 Å². The van der Waals surface area contributed by atoms with Crippen LogP contribution in [0.1, 0.15) is 65.2 Å². The first kappa shape index (κ1) is 20.6. The zero-order chi connectivity index (χ0) is 19.8. The first-order chi connectivity index (χ1) is 13.7. The van der Waals surface area contributed by atoms with Crippen LogP contribution < -0.4 is 10.1 Å². The van der Waals surface area contributed by atoms with Gasteiger partial charge in [0.05, 0.1) is 12.3 Å². The van der Waals surface area contributed by atoms with Crippen molar-refractivity contribution in [3.63, 3.8) is 0 Å². The number of hydrogen-bond donors (Lipinski definition) is 1. The van der Waals surface area contributed by atoms with E-state index in [9.17, 15) is 4.79 Å². The quantitative estimate of drug-likeness (QED) is 0.483. The molecule has 0 spiro atoms. The molecular formula is C23H32N2O3. The molecule has 1 heterocycles. The largest absolute Gasteiger partial charge is 0.491 e. The van der Waals surface area contributed by atoms with Gasteiger partial charge in [0.1, 0.15) is 16.9 Å². The molecule has 1 aliphatic carbocycles. The van der Waals surface area contributed by atoms with Gasteiger partial charge in [0.2, 0.25) is 0 Å². The molecule has 3 rings (SSSR count). The van der Waals surface area contributed by atoms with Gasteiger partial charge < -0.3 is 14.8 Å². The summed E-state index contributed by atoms with van der Waals surface area (Å²) in [4.78, 5) is 17.8. The van der Waals surface area contributed by atoms with Crippen molar-refractivity contribution in [1.82, 2.24) is 4.98 Å². The van der Waals surface area contributed by atoms with Crippen molar-refractivity contribution in [1.29, 1.82) is 0 Å². The molecule has 1 N–H and O–H groups in total. The van der Waals surface area contributed by atoms with Gasteiger partial charge in [-0.3, -0.25) is 9.78 Å². The minimum atomic E-state index is -0.726. The third kappa shape index (κ3) is 4.64. The van der Waals surface area contributed by atoms with Gasteiger partial charge in [-0.25, -0.2) is 0 Å². The van der Waals surface area contributed by atoms with E-state index in [-0.39, 0.29) is 5.91 Å². The predicted molar refractivity (Wildman–Crippen MR) is 113 cm³/mol. The van der Waals surface area contributed by atoms with Crippen LogP contribution in [-0.4, -0.2) is 29.7 Å². The number of anilines is 1. The Morgan fingerprint density at radius 1 is 1.14 bits per heavy atom. The maximum Gasteiger partial charge on any atom is 0.256 e. The Bertz CT molecular complexity index is 783. The average molecular weight is 385 g/mol. The summed E-state index contributed by atoms with van der Waals surface area (Å²) in [7, 11) is 0. The van der Waals surface area contributed by atoms with Gasteiger partial charge in [0.15, 0.2) is 0 Å². The molecule has 1 aliphatic rings. The molecule has 0 aliphatic heterocycles. The number of unbranched alkanes of at least 4 members (excludes halogenated alkanes) is 1. The zero-order valence-electron chi connectivity index (χ0n) is 17.1. The number of hydrogen-bond acceptors (Lipinski definition) is 4. The second-order valence-corrected chi connectivity index (χ2v) is 7.51. The predicted octanol–water partition coefficient (Wildman–Crippen LogP) is 5.48. The number of benzene rings is 1. The fraction of sp³-hybridized carbons (Fsp3) is 0.565. The number of nitrogens with zero attached hydrogens (tertiary/aromatic N) is 1. The lowest BCUT2D eigenvalue weighted by molar-refractivity contribution is -0.143. The van der Waals surface area contributed by atoms with Crippen molar-refractivity contribution in [3.8, 4) is 5.75 Å². The van der Waals surface area contributed by atoms with Gasteiger partial charge in [-0.2, -0.15) is 0 Å². The molecule has 0 unspecified atom stereocenters. The molecule has 1 fully saturated rings. The summed E-state index contributed by atoms with van der Waals surface area (Å²) >= 11 is 0. The Morgan fingerprint density at radius 2 is 1.93 bits per heavy atom. The second-order valence-electron chi connectivity index (χ2n) is 7.51. The Kier molecular flexibility index (Phi) is 7.26. The maximum atomic E-state index is 13.3. The Hall–Kier alpha value is -2.14. The maximum absolute atomic E-state index is 13.3. The Balaban J connectivity index is 1.86. The van der Waals surface area contributed by atoms with Gasteiger partial charge in [0.25, 0.3) is 5.91 Å². The summed E-state index contributed by atoms with van der Waals surface area (Å²) in [5.41, 5.74) is 0.817. The highest BCUT2D eigenvalue weighted by Gasteiger charge is 2.39. The van der Waals surface area contributed by atoms with Crippen LogP contribution in [0.5, 0.6) is 5.75 Å². The van der Waals surface area contributed by atoms with Crippen molar-refractivity contribution in [2.24, 2.45) is 0 Å². The van der Waals surface area contributed by atoms with E-state index in [4.69, 9.17) is 9.47 Å². The van der Waals surface area contributed by atoms with Gasteiger partial charge in [-0.1, -0.05) is 39.0 Å². The number of pyridine rings is 1. The van der Waals surface area contributed by atoms with E-state index in [0.717, 1.165) is 60.9 Å². The number of rotatable bonds is 8. The van der Waals surface area contributed by atoms with Crippen LogP contribution in [0.25, 0.3) is 10.9 Å². The summed E-state index contributed by atoms with van der Waals surface area (Å²) in [6, 6.07) is 7.68. The van der Waals surface area contributed by atoms with Crippen LogP contribution in [0.3, 0.4) is 0 Å². The molecule has 0 atom stereocenters. The smallest absolute Gasteiger partial charge is 0.256 e. The minimum absolute atomic E-state index is 0.0407. The van der Waals surface area contributed by atoms with Crippen molar-refractivity contribution < 1.29 is 14.3 Å². The number of amides is 1. The molecule has 1 amide bonds. The summed E-state index contributed by atoms with van der Waals surface area (Å²) in [6.07, 6.45) is 9.79. The number of ether oxygens (including phenoxy) is 2. The molecule has 152 valence electrons. The molecule has 28 heavy (non-hydrogen) atoms. The number of aromatic nitrogens is 1. The molecular weight excluding hydrogens is 352 g/mol. The molecule has 2 aromatic rings. The number of carbonyl (C=O) groups excluding carboxylic acids is 1. The molecule has 0 radical (unpaired) electrons. The molecule has 1 aromatic carbocycles. The molecule has 5 heteroatoms. The third-order valence-electron chi connectivity index (χ3n) is 5.48. The van der Waals surface area contributed by atoms with Crippen LogP contribution in [0.4, 0.5) is 5.69 Å². The summed E-state index contributed by atoms with van der Waals surface area (Å²) < 4.78 is 11.9. The number of nitrogens with one attached hydrogen (secondary N) is 1. The fourth-order valence-electron chi connectivity index (χ4n) is 3.95. The normalized spacial score (nSPS) is 16.5. The van der Waals surface area contributed by atoms with Gasteiger partial charge in [-0.05, 0) is 50.5 Å². The minimum Gasteiger partial charge on any atom is -0.491 e. The van der Waals surface area contributed by atoms with Crippen LogP contribution in [-0.2, 0) is 9.53 Å². The van der Waals surface area contributed by atoms with Gasteiger partial charge in [0, 0.05) is 18.2 Å². The summed E-state index contributed by atoms with van der Waals surface area (Å²) in [6.45, 7) is 5.31. The van der Waals surface area contributed by atoms with E-state index in [2.05, 4.69) is 17.2 Å². The van der Waals surface area contributed by atoms with E-state index in [1.165, 1.54) is 12.8 Å². The number of carbonyl (C=O) groups is 1. The highest BCUT2D eigenvalue weighted by molar-refractivity contribution is 6.05. The first-order valence-electron chi connectivity index (χ1n) is 10.7. The lowest BCUT2D eigenvalue weighted by atomic mass is 9.92. The fourth-order valence-corrected chi connectivity index (χ4v) is 3.95. The first-order valence-corrected chi connectivity index (χ1v) is 10.7. The lowest BCUT2D eigenvalue weighted by Crippen LogP contribution is -2.45. The van der Waals surface area contributed by atoms with Crippen molar-refractivity contribution >= 4 is 22.5 Å². The van der Waals surface area contributed by atoms with E-state index in [1.807, 2.05) is 31.2 Å². The highest BCUT2D eigenvalue weighted by atomic mass is 16.5.